The average molecular weight is 589 g/mol. The summed E-state index contributed by atoms with van der Waals surface area (Å²) < 4.78 is 211. The predicted molar refractivity (Wildman–Crippen MR) is 176 cm³/mol. The third-order valence-electron chi connectivity index (χ3n) is 6.57. The zero-order valence-corrected chi connectivity index (χ0v) is 21.7. The first kappa shape index (κ1) is 10.9. The van der Waals surface area contributed by atoms with Crippen molar-refractivity contribution in [2.45, 2.75) is 0 Å². The van der Waals surface area contributed by atoms with Gasteiger partial charge in [0.05, 0.1) is 37.1 Å². The fourth-order valence-electron chi connectivity index (χ4n) is 4.68. The molecule has 44 heavy (non-hydrogen) atoms. The van der Waals surface area contributed by atoms with Gasteiger partial charge in [-0.15, -0.1) is 0 Å². The SMILES string of the molecule is [2H]c1c([2H])c([2H])c(-c2nc(-c3c([2H])c([2H])c([2H])c4c3oc3c([2H])c([2H])c([2H])c([2H])c34)nc(-c3c([2H])c([2H])c([2H])c4oc5c([2H])c([2H])c(-c6c([2H])c([2H])c([2H])c([2H])c6[2H])c([2H])c5c34)n2)c([2H])c1[2H]. The Morgan fingerprint density at radius 2 is 1.02 bits per heavy atom. The number of benzene rings is 6. The summed E-state index contributed by atoms with van der Waals surface area (Å²) in [6.45, 7) is 0. The van der Waals surface area contributed by atoms with Gasteiger partial charge in [-0.05, 0) is 41.3 Å². The summed E-state index contributed by atoms with van der Waals surface area (Å²) in [5.41, 5.74) is -5.46. The monoisotopic (exact) mass is 588 g/mol. The van der Waals surface area contributed by atoms with Crippen molar-refractivity contribution in [3.05, 3.63) is 139 Å². The summed E-state index contributed by atoms with van der Waals surface area (Å²) in [4.78, 5) is 13.3. The average Bonchev–Trinajstić information content (AvgIpc) is 3.90. The molecule has 6 aromatic carbocycles. The molecule has 5 heteroatoms. The van der Waals surface area contributed by atoms with Crippen molar-refractivity contribution in [3.63, 3.8) is 0 Å². The Bertz CT molecular complexity index is 3750. The van der Waals surface area contributed by atoms with Gasteiger partial charge in [0.2, 0.25) is 0 Å². The van der Waals surface area contributed by atoms with Crippen LogP contribution >= 0.6 is 0 Å². The first-order valence-corrected chi connectivity index (χ1v) is 12.7. The van der Waals surface area contributed by atoms with Crippen molar-refractivity contribution >= 4 is 43.9 Å². The molecule has 0 N–H and O–H groups in total. The summed E-state index contributed by atoms with van der Waals surface area (Å²) in [5.74, 6) is -2.28. The Balaban J connectivity index is 1.51. The van der Waals surface area contributed by atoms with Crippen LogP contribution in [0.4, 0.5) is 0 Å². The molecule has 9 aromatic rings. The first-order chi connectivity index (χ1) is 31.4. The van der Waals surface area contributed by atoms with Gasteiger partial charge < -0.3 is 8.83 Å². The molecule has 0 saturated carbocycles. The van der Waals surface area contributed by atoms with E-state index in [-0.39, 0.29) is 5.39 Å². The van der Waals surface area contributed by atoms with Gasteiger partial charge in [-0.3, -0.25) is 0 Å². The highest BCUT2D eigenvalue weighted by atomic mass is 16.3. The number of nitrogens with zero attached hydrogens (tertiary/aromatic N) is 3. The van der Waals surface area contributed by atoms with E-state index in [0.29, 0.717) is 0 Å². The van der Waals surface area contributed by atoms with E-state index >= 15 is 0 Å². The van der Waals surface area contributed by atoms with E-state index in [0.717, 1.165) is 0 Å². The zero-order valence-electron chi connectivity index (χ0n) is 44.7. The highest BCUT2D eigenvalue weighted by molar-refractivity contribution is 6.13. The van der Waals surface area contributed by atoms with Gasteiger partial charge in [-0.2, -0.15) is 0 Å². The summed E-state index contributed by atoms with van der Waals surface area (Å²) >= 11 is 0. The van der Waals surface area contributed by atoms with Crippen molar-refractivity contribution in [2.75, 3.05) is 0 Å². The first-order valence-electron chi connectivity index (χ1n) is 24.2. The summed E-state index contributed by atoms with van der Waals surface area (Å²) in [7, 11) is 0. The molecule has 0 fully saturated rings. The van der Waals surface area contributed by atoms with E-state index in [4.69, 9.17) is 37.6 Å². The molecule has 0 unspecified atom stereocenters. The van der Waals surface area contributed by atoms with Crippen molar-refractivity contribution in [2.24, 2.45) is 0 Å². The lowest BCUT2D eigenvalue weighted by atomic mass is 10.0. The summed E-state index contributed by atoms with van der Waals surface area (Å²) in [6.07, 6.45) is 0. The predicted octanol–water partition coefficient (Wildman–Crippen LogP) is 10.3. The molecule has 0 aliphatic carbocycles. The van der Waals surface area contributed by atoms with Crippen LogP contribution in [0.15, 0.2) is 148 Å². The van der Waals surface area contributed by atoms with Crippen LogP contribution in [-0.4, -0.2) is 15.0 Å². The molecule has 5 nitrogen and oxygen atoms in total. The topological polar surface area (TPSA) is 65.0 Å². The van der Waals surface area contributed by atoms with Gasteiger partial charge in [0, 0.05) is 32.7 Å². The molecular formula is C39H23N3O2. The second-order valence-corrected chi connectivity index (χ2v) is 9.08. The number of para-hydroxylation sites is 2. The highest BCUT2D eigenvalue weighted by Gasteiger charge is 2.20. The van der Waals surface area contributed by atoms with E-state index in [9.17, 15) is 2.74 Å². The van der Waals surface area contributed by atoms with Crippen molar-refractivity contribution in [1.29, 1.82) is 0 Å². The number of hydrogen-bond donors (Lipinski definition) is 0. The molecule has 0 aliphatic rings. The minimum Gasteiger partial charge on any atom is -0.456 e. The van der Waals surface area contributed by atoms with E-state index in [2.05, 4.69) is 15.0 Å². The number of hydrogen-bond acceptors (Lipinski definition) is 5. The maximum absolute atomic E-state index is 9.45. The van der Waals surface area contributed by atoms with Crippen LogP contribution in [0.3, 0.4) is 0 Å². The Labute approximate surface area is 284 Å². The minimum absolute atomic E-state index is 0.358. The quantitative estimate of drug-likeness (QED) is 0.205. The smallest absolute Gasteiger partial charge is 0.167 e. The molecular weight excluding hydrogens is 542 g/mol. The zero-order chi connectivity index (χ0) is 49.1. The molecule has 3 heterocycles. The number of fused-ring (bicyclic) bond motifs is 6. The Morgan fingerprint density at radius 1 is 0.409 bits per heavy atom. The Morgan fingerprint density at radius 3 is 1.86 bits per heavy atom. The Hall–Kier alpha value is -6.07. The Kier molecular flexibility index (Phi) is 2.41. The lowest BCUT2D eigenvalue weighted by molar-refractivity contribution is 0.668. The third kappa shape index (κ3) is 3.91. The van der Waals surface area contributed by atoms with Gasteiger partial charge in [0.15, 0.2) is 17.5 Å². The van der Waals surface area contributed by atoms with Gasteiger partial charge in [0.25, 0.3) is 0 Å². The lowest BCUT2D eigenvalue weighted by Gasteiger charge is -2.09. The normalized spacial score (nSPS) is 19.0. The van der Waals surface area contributed by atoms with Crippen LogP contribution in [0, 0.1) is 0 Å². The summed E-state index contributed by atoms with van der Waals surface area (Å²) in [6, 6.07) is -18.7. The fraction of sp³-hybridized carbons (Fsp3) is 0. The molecule has 0 saturated heterocycles. The third-order valence-corrected chi connectivity index (χ3v) is 6.57. The molecule has 0 spiro atoms. The van der Waals surface area contributed by atoms with E-state index in [1.807, 2.05) is 0 Å². The summed E-state index contributed by atoms with van der Waals surface area (Å²) in [5, 5.41) is -1.74. The molecule has 3 aromatic heterocycles. The van der Waals surface area contributed by atoms with Crippen LogP contribution in [0.1, 0.15) is 31.5 Å². The standard InChI is InChI=1S/C39H23N3O2/c1-3-11-24(12-4-1)26-21-22-33-31(23-26)35-29(17-10-20-34(35)43-33)38-40-37(25-13-5-2-6-14-25)41-39(42-38)30-18-9-16-28-27-15-7-8-19-32(27)44-36(28)30/h1-23H/i1D,2D,3D,4D,5D,6D,7D,8D,9D,10D,11D,12D,13D,14D,15D,16D,17D,18D,19D,20D,21D,22D,23D. The second-order valence-electron chi connectivity index (χ2n) is 9.08. The van der Waals surface area contributed by atoms with E-state index < -0.39 is 223 Å². The molecule has 0 radical (unpaired) electrons. The second kappa shape index (κ2) is 9.75. The molecule has 0 bridgehead atoms. The van der Waals surface area contributed by atoms with Gasteiger partial charge in [-0.1, -0.05) is 109 Å². The highest BCUT2D eigenvalue weighted by Crippen LogP contribution is 2.39. The van der Waals surface area contributed by atoms with Gasteiger partial charge >= 0.3 is 0 Å². The van der Waals surface area contributed by atoms with Gasteiger partial charge in [-0.25, -0.2) is 15.0 Å². The molecule has 9 rings (SSSR count). The fourth-order valence-corrected chi connectivity index (χ4v) is 4.68. The van der Waals surface area contributed by atoms with Crippen LogP contribution in [-0.2, 0) is 0 Å². The van der Waals surface area contributed by atoms with Crippen LogP contribution < -0.4 is 0 Å². The molecule has 206 valence electrons. The molecule has 0 aliphatic heterocycles. The van der Waals surface area contributed by atoms with Gasteiger partial charge in [0.1, 0.15) is 22.3 Å². The number of furan rings is 2. The van der Waals surface area contributed by atoms with E-state index in [1.54, 1.807) is 0 Å². The van der Waals surface area contributed by atoms with E-state index in [1.165, 1.54) is 0 Å². The number of aromatic nitrogens is 3. The minimum atomic E-state index is -0.888. The molecule has 0 atom stereocenters. The number of rotatable bonds is 4. The molecule has 0 amide bonds. The van der Waals surface area contributed by atoms with Crippen LogP contribution in [0.25, 0.3) is 89.2 Å². The lowest BCUT2D eigenvalue weighted by Crippen LogP contribution is -2.00. The van der Waals surface area contributed by atoms with Crippen molar-refractivity contribution < 1.29 is 40.4 Å². The largest absolute Gasteiger partial charge is 0.456 e. The maximum atomic E-state index is 9.45. The van der Waals surface area contributed by atoms with Crippen molar-refractivity contribution in [3.8, 4) is 45.3 Å². The van der Waals surface area contributed by atoms with Crippen LogP contribution in [0.2, 0.25) is 0 Å². The maximum Gasteiger partial charge on any atom is 0.167 e. The van der Waals surface area contributed by atoms with Crippen molar-refractivity contribution in [1.82, 2.24) is 15.0 Å². The van der Waals surface area contributed by atoms with Crippen LogP contribution in [0.5, 0.6) is 0 Å².